The molecule has 0 spiro atoms. The van der Waals surface area contributed by atoms with Gasteiger partial charge in [0.15, 0.2) is 5.65 Å². The lowest BCUT2D eigenvalue weighted by Crippen LogP contribution is -2.57. The van der Waals surface area contributed by atoms with Gasteiger partial charge in [-0.25, -0.2) is 19.6 Å². The molecule has 3 unspecified atom stereocenters. The number of amides is 2. The molecule has 1 aromatic carbocycles. The van der Waals surface area contributed by atoms with Crippen molar-refractivity contribution >= 4 is 29.0 Å². The van der Waals surface area contributed by atoms with E-state index in [2.05, 4.69) is 10.3 Å². The second-order valence-corrected chi connectivity index (χ2v) is 12.5. The maximum absolute atomic E-state index is 13.8. The third-order valence-electron chi connectivity index (χ3n) is 6.74. The van der Waals surface area contributed by atoms with Crippen molar-refractivity contribution in [3.05, 3.63) is 54.2 Å². The standard InChI is InChI=1S/C31H38N4O6/c1-18-13-14-21-24(16-22(33-26(21)32-18)19-11-9-8-10-12-19)40-20-15-23(28(37)38)35(17-20)27(36)25(30(2,3)4)34-29(39)41-31(5,6)7/h8-14,16,20,23,25H,15,17H2,1-7H3,(H,34,39)(H,37,38). The summed E-state index contributed by atoms with van der Waals surface area (Å²) in [6.45, 7) is 12.5. The van der Waals surface area contributed by atoms with E-state index in [1.807, 2.05) is 55.5 Å². The zero-order valence-electron chi connectivity index (χ0n) is 24.6. The minimum Gasteiger partial charge on any atom is -0.488 e. The number of alkyl carbamates (subject to hydrolysis) is 1. The lowest BCUT2D eigenvalue weighted by Gasteiger charge is -2.35. The number of carboxylic acids is 1. The first-order valence-corrected chi connectivity index (χ1v) is 13.7. The zero-order chi connectivity index (χ0) is 30.1. The van der Waals surface area contributed by atoms with Crippen LogP contribution in [0, 0.1) is 12.3 Å². The Morgan fingerprint density at radius 3 is 2.32 bits per heavy atom. The number of benzene rings is 1. The van der Waals surface area contributed by atoms with Gasteiger partial charge in [0.2, 0.25) is 5.91 Å². The van der Waals surface area contributed by atoms with Crippen molar-refractivity contribution in [1.29, 1.82) is 0 Å². The molecule has 1 fully saturated rings. The molecular formula is C31H38N4O6. The van der Waals surface area contributed by atoms with Crippen LogP contribution in [0.3, 0.4) is 0 Å². The molecule has 0 bridgehead atoms. The number of likely N-dealkylation sites (tertiary alicyclic amines) is 1. The second-order valence-electron chi connectivity index (χ2n) is 12.5. The predicted octanol–water partition coefficient (Wildman–Crippen LogP) is 4.98. The number of carboxylic acid groups (broad SMARTS) is 1. The lowest BCUT2D eigenvalue weighted by atomic mass is 9.85. The van der Waals surface area contributed by atoms with Crippen LogP contribution in [-0.2, 0) is 14.3 Å². The first kappa shape index (κ1) is 29.8. The van der Waals surface area contributed by atoms with Gasteiger partial charge in [0.1, 0.15) is 29.5 Å². The van der Waals surface area contributed by atoms with E-state index < -0.39 is 47.2 Å². The van der Waals surface area contributed by atoms with Crippen molar-refractivity contribution in [1.82, 2.24) is 20.2 Å². The lowest BCUT2D eigenvalue weighted by molar-refractivity contribution is -0.150. The van der Waals surface area contributed by atoms with Gasteiger partial charge in [-0.15, -0.1) is 0 Å². The number of carbonyl (C=O) groups excluding carboxylic acids is 2. The van der Waals surface area contributed by atoms with Crippen LogP contribution < -0.4 is 10.1 Å². The number of hydrogen-bond donors (Lipinski definition) is 2. The number of rotatable bonds is 6. The van der Waals surface area contributed by atoms with Crippen molar-refractivity contribution in [2.24, 2.45) is 5.41 Å². The van der Waals surface area contributed by atoms with Gasteiger partial charge in [-0.2, -0.15) is 0 Å². The van der Waals surface area contributed by atoms with Crippen LogP contribution in [0.5, 0.6) is 5.75 Å². The average Bonchev–Trinajstić information content (AvgIpc) is 3.29. The molecular weight excluding hydrogens is 524 g/mol. The van der Waals surface area contributed by atoms with Gasteiger partial charge in [-0.3, -0.25) is 4.79 Å². The van der Waals surface area contributed by atoms with Crippen molar-refractivity contribution in [2.45, 2.75) is 78.7 Å². The van der Waals surface area contributed by atoms with Gasteiger partial charge in [-0.05, 0) is 45.2 Å². The maximum atomic E-state index is 13.8. The highest BCUT2D eigenvalue weighted by atomic mass is 16.6. The normalized spacial score (nSPS) is 18.2. The molecule has 0 radical (unpaired) electrons. The fourth-order valence-corrected chi connectivity index (χ4v) is 4.80. The Labute approximate surface area is 240 Å². The molecule has 3 heterocycles. The van der Waals surface area contributed by atoms with Gasteiger partial charge >= 0.3 is 12.1 Å². The number of nitrogens with one attached hydrogen (secondary N) is 1. The first-order chi connectivity index (χ1) is 19.1. The van der Waals surface area contributed by atoms with Crippen LogP contribution in [0.25, 0.3) is 22.3 Å². The molecule has 41 heavy (non-hydrogen) atoms. The fourth-order valence-electron chi connectivity index (χ4n) is 4.80. The van der Waals surface area contributed by atoms with E-state index >= 15 is 0 Å². The third kappa shape index (κ3) is 7.11. The average molecular weight is 563 g/mol. The number of hydrogen-bond acceptors (Lipinski definition) is 7. The molecule has 3 aromatic rings. The fraction of sp³-hybridized carbons (Fsp3) is 0.452. The molecule has 4 rings (SSSR count). The molecule has 10 heteroatoms. The Morgan fingerprint density at radius 1 is 1.02 bits per heavy atom. The number of pyridine rings is 2. The molecule has 0 aliphatic carbocycles. The summed E-state index contributed by atoms with van der Waals surface area (Å²) in [6, 6.07) is 13.0. The van der Waals surface area contributed by atoms with Crippen molar-refractivity contribution in [3.8, 4) is 17.0 Å². The molecule has 2 amide bonds. The molecule has 2 N–H and O–H groups in total. The Bertz CT molecular complexity index is 1440. The summed E-state index contributed by atoms with van der Waals surface area (Å²) in [7, 11) is 0. The topological polar surface area (TPSA) is 131 Å². The van der Waals surface area contributed by atoms with Crippen LogP contribution in [0.1, 0.15) is 53.7 Å². The molecule has 1 aliphatic rings. The monoisotopic (exact) mass is 562 g/mol. The molecule has 3 atom stereocenters. The number of ether oxygens (including phenoxy) is 2. The quantitative estimate of drug-likeness (QED) is 0.430. The van der Waals surface area contributed by atoms with Crippen LogP contribution in [-0.4, -0.2) is 68.3 Å². The number of nitrogens with zero attached hydrogens (tertiary/aromatic N) is 3. The Morgan fingerprint density at radius 2 is 1.71 bits per heavy atom. The van der Waals surface area contributed by atoms with Gasteiger partial charge < -0.3 is 24.8 Å². The van der Waals surface area contributed by atoms with E-state index in [1.165, 1.54) is 4.90 Å². The molecule has 10 nitrogen and oxygen atoms in total. The van der Waals surface area contributed by atoms with Crippen molar-refractivity contribution < 1.29 is 29.0 Å². The van der Waals surface area contributed by atoms with Gasteiger partial charge in [0.05, 0.1) is 17.6 Å². The molecule has 218 valence electrons. The maximum Gasteiger partial charge on any atom is 0.408 e. The smallest absolute Gasteiger partial charge is 0.408 e. The van der Waals surface area contributed by atoms with E-state index in [-0.39, 0.29) is 13.0 Å². The SMILES string of the molecule is Cc1ccc2c(OC3CC(C(=O)O)N(C(=O)C(NC(=O)OC(C)(C)C)C(C)(C)C)C3)cc(-c3ccccc3)nc2n1. The summed E-state index contributed by atoms with van der Waals surface area (Å²) in [4.78, 5) is 49.3. The highest BCUT2D eigenvalue weighted by Crippen LogP contribution is 2.33. The second kappa shape index (κ2) is 11.3. The Hall–Kier alpha value is -4.21. The number of carbonyl (C=O) groups is 3. The zero-order valence-corrected chi connectivity index (χ0v) is 24.6. The number of aliphatic carboxylic acids is 1. The third-order valence-corrected chi connectivity index (χ3v) is 6.74. The molecule has 2 aromatic heterocycles. The molecule has 0 saturated carbocycles. The molecule has 1 aliphatic heterocycles. The van der Waals surface area contributed by atoms with Crippen LogP contribution >= 0.6 is 0 Å². The first-order valence-electron chi connectivity index (χ1n) is 13.7. The summed E-state index contributed by atoms with van der Waals surface area (Å²) in [5.41, 5.74) is 1.39. The predicted molar refractivity (Wildman–Crippen MR) is 154 cm³/mol. The van der Waals surface area contributed by atoms with Crippen molar-refractivity contribution in [3.63, 3.8) is 0 Å². The molecule has 1 saturated heterocycles. The van der Waals surface area contributed by atoms with E-state index in [9.17, 15) is 19.5 Å². The number of fused-ring (bicyclic) bond motifs is 1. The van der Waals surface area contributed by atoms with Crippen LogP contribution in [0.2, 0.25) is 0 Å². The minimum absolute atomic E-state index is 0.0299. The summed E-state index contributed by atoms with van der Waals surface area (Å²) >= 11 is 0. The summed E-state index contributed by atoms with van der Waals surface area (Å²) in [5.74, 6) is -1.15. The van der Waals surface area contributed by atoms with Crippen molar-refractivity contribution in [2.75, 3.05) is 6.54 Å². The largest absolute Gasteiger partial charge is 0.488 e. The highest BCUT2D eigenvalue weighted by molar-refractivity contribution is 5.91. The van der Waals surface area contributed by atoms with E-state index in [4.69, 9.17) is 14.5 Å². The van der Waals surface area contributed by atoms with E-state index in [0.717, 1.165) is 11.3 Å². The van der Waals surface area contributed by atoms with Gasteiger partial charge in [0, 0.05) is 23.7 Å². The van der Waals surface area contributed by atoms with E-state index in [1.54, 1.807) is 41.5 Å². The summed E-state index contributed by atoms with van der Waals surface area (Å²) in [5, 5.41) is 13.4. The highest BCUT2D eigenvalue weighted by Gasteiger charge is 2.46. The van der Waals surface area contributed by atoms with Gasteiger partial charge in [0.25, 0.3) is 0 Å². The minimum atomic E-state index is -1.14. The summed E-state index contributed by atoms with van der Waals surface area (Å²) < 4.78 is 11.8. The van der Waals surface area contributed by atoms with Gasteiger partial charge in [-0.1, -0.05) is 51.1 Å². The number of aromatic nitrogens is 2. The summed E-state index contributed by atoms with van der Waals surface area (Å²) in [6.07, 6.45) is -1.28. The van der Waals surface area contributed by atoms with E-state index in [0.29, 0.717) is 22.5 Å². The van der Waals surface area contributed by atoms with Crippen LogP contribution in [0.4, 0.5) is 4.79 Å². The van der Waals surface area contributed by atoms with Crippen LogP contribution in [0.15, 0.2) is 48.5 Å². The Kier molecular flexibility index (Phi) is 8.24. The number of aryl methyl sites for hydroxylation is 1. The Balaban J connectivity index is 1.64.